The molecule has 0 atom stereocenters. The van der Waals surface area contributed by atoms with Gasteiger partial charge in [-0.1, -0.05) is 18.2 Å². The molecule has 0 saturated heterocycles. The molecule has 6 nitrogen and oxygen atoms in total. The fraction of sp³-hybridized carbons (Fsp3) is 0.278. The number of carbonyl (C=O) groups excluding carboxylic acids is 3. The summed E-state index contributed by atoms with van der Waals surface area (Å²) in [6.07, 6.45) is 0. The highest BCUT2D eigenvalue weighted by atomic mass is 19.1. The van der Waals surface area contributed by atoms with Crippen LogP contribution in [0.2, 0.25) is 0 Å². The molecule has 0 saturated carbocycles. The number of nitrogens with one attached hydrogen (secondary N) is 2. The van der Waals surface area contributed by atoms with Crippen LogP contribution in [-0.2, 0) is 16.1 Å². The summed E-state index contributed by atoms with van der Waals surface area (Å²) in [6.45, 7) is 4.23. The fourth-order valence-corrected chi connectivity index (χ4v) is 2.57. The van der Waals surface area contributed by atoms with Crippen molar-refractivity contribution in [2.45, 2.75) is 27.3 Å². The Bertz CT molecular complexity index is 826. The first-order valence-electron chi connectivity index (χ1n) is 7.68. The van der Waals surface area contributed by atoms with Gasteiger partial charge in [0.05, 0.1) is 0 Å². The Labute approximate surface area is 144 Å². The zero-order valence-electron chi connectivity index (χ0n) is 14.2. The highest BCUT2D eigenvalue weighted by Crippen LogP contribution is 2.19. The van der Waals surface area contributed by atoms with E-state index in [0.29, 0.717) is 22.4 Å². The highest BCUT2D eigenvalue weighted by Gasteiger charge is 2.21. The minimum Gasteiger partial charge on any atom is -0.451 e. The number of amides is 1. The van der Waals surface area contributed by atoms with Crippen LogP contribution >= 0.6 is 0 Å². The van der Waals surface area contributed by atoms with Crippen molar-refractivity contribution in [3.05, 3.63) is 58.2 Å². The van der Waals surface area contributed by atoms with Crippen LogP contribution in [0.5, 0.6) is 0 Å². The van der Waals surface area contributed by atoms with Crippen molar-refractivity contribution >= 4 is 17.7 Å². The number of hydrogen-bond donors (Lipinski definition) is 2. The van der Waals surface area contributed by atoms with Crippen molar-refractivity contribution in [2.24, 2.45) is 0 Å². The van der Waals surface area contributed by atoms with Crippen LogP contribution < -0.4 is 5.32 Å². The summed E-state index contributed by atoms with van der Waals surface area (Å²) in [4.78, 5) is 38.2. The number of rotatable bonds is 6. The van der Waals surface area contributed by atoms with Gasteiger partial charge in [-0.25, -0.2) is 9.18 Å². The van der Waals surface area contributed by atoms with Gasteiger partial charge in [0.2, 0.25) is 0 Å². The van der Waals surface area contributed by atoms with Crippen molar-refractivity contribution in [1.29, 1.82) is 0 Å². The maximum absolute atomic E-state index is 13.5. The summed E-state index contributed by atoms with van der Waals surface area (Å²) in [5.74, 6) is -1.86. The fourth-order valence-electron chi connectivity index (χ4n) is 2.57. The molecule has 0 fully saturated rings. The molecule has 0 radical (unpaired) electrons. The molecule has 25 heavy (non-hydrogen) atoms. The quantitative estimate of drug-likeness (QED) is 0.621. The smallest absolute Gasteiger partial charge is 0.355 e. The van der Waals surface area contributed by atoms with Crippen LogP contribution in [-0.4, -0.2) is 29.3 Å². The second-order valence-electron chi connectivity index (χ2n) is 5.63. The molecule has 2 rings (SSSR count). The molecule has 0 unspecified atom stereocenters. The van der Waals surface area contributed by atoms with Crippen molar-refractivity contribution in [3.63, 3.8) is 0 Å². The van der Waals surface area contributed by atoms with Gasteiger partial charge >= 0.3 is 5.97 Å². The molecular formula is C18H19FN2O4. The predicted molar refractivity (Wildman–Crippen MR) is 88.8 cm³/mol. The summed E-state index contributed by atoms with van der Waals surface area (Å²) in [5, 5.41) is 2.48. The number of aryl methyl sites for hydroxylation is 1. The number of aromatic amines is 1. The zero-order valence-corrected chi connectivity index (χ0v) is 14.2. The van der Waals surface area contributed by atoms with Gasteiger partial charge in [-0.2, -0.15) is 0 Å². The second kappa shape index (κ2) is 7.74. The van der Waals surface area contributed by atoms with E-state index in [9.17, 15) is 18.8 Å². The van der Waals surface area contributed by atoms with Crippen LogP contribution in [0.4, 0.5) is 4.39 Å². The molecule has 0 aliphatic carbocycles. The number of halogens is 1. The lowest BCUT2D eigenvalue weighted by atomic mass is 10.1. The van der Waals surface area contributed by atoms with Crippen molar-refractivity contribution in [1.82, 2.24) is 10.3 Å². The van der Waals surface area contributed by atoms with Crippen molar-refractivity contribution in [3.8, 4) is 0 Å². The van der Waals surface area contributed by atoms with Crippen LogP contribution in [0.3, 0.4) is 0 Å². The van der Waals surface area contributed by atoms with Gasteiger partial charge in [0, 0.05) is 23.4 Å². The van der Waals surface area contributed by atoms with E-state index in [1.807, 2.05) is 0 Å². The molecule has 1 amide bonds. The topological polar surface area (TPSA) is 88.3 Å². The molecular weight excluding hydrogens is 327 g/mol. The summed E-state index contributed by atoms with van der Waals surface area (Å²) < 4.78 is 18.4. The Balaban J connectivity index is 1.92. The average molecular weight is 346 g/mol. The molecule has 2 N–H and O–H groups in total. The number of H-pyrrole nitrogens is 1. The number of ketones is 1. The van der Waals surface area contributed by atoms with Crippen LogP contribution in [0.25, 0.3) is 0 Å². The lowest BCUT2D eigenvalue weighted by Gasteiger charge is -2.07. The van der Waals surface area contributed by atoms with Gasteiger partial charge in [-0.15, -0.1) is 0 Å². The van der Waals surface area contributed by atoms with E-state index < -0.39 is 24.3 Å². The minimum absolute atomic E-state index is 0.00181. The van der Waals surface area contributed by atoms with E-state index in [4.69, 9.17) is 4.74 Å². The van der Waals surface area contributed by atoms with Gasteiger partial charge in [-0.3, -0.25) is 9.59 Å². The number of benzene rings is 1. The Morgan fingerprint density at radius 1 is 1.20 bits per heavy atom. The SMILES string of the molecule is CC(=O)c1c(C)[nH]c(C(=O)OCC(=O)NCc2ccccc2F)c1C. The summed E-state index contributed by atoms with van der Waals surface area (Å²) in [5.41, 5.74) is 1.98. The van der Waals surface area contributed by atoms with Gasteiger partial charge < -0.3 is 15.0 Å². The third-order valence-corrected chi connectivity index (χ3v) is 3.76. The van der Waals surface area contributed by atoms with Crippen LogP contribution in [0.15, 0.2) is 24.3 Å². The number of esters is 1. The summed E-state index contributed by atoms with van der Waals surface area (Å²) in [6, 6.07) is 6.06. The zero-order chi connectivity index (χ0) is 18.6. The molecule has 132 valence electrons. The molecule has 1 aromatic heterocycles. The molecule has 0 bridgehead atoms. The average Bonchev–Trinajstić information content (AvgIpc) is 2.86. The minimum atomic E-state index is -0.728. The number of Topliss-reactive ketones (excluding diaryl/α,β-unsaturated/α-hetero) is 1. The van der Waals surface area contributed by atoms with E-state index >= 15 is 0 Å². The number of carbonyl (C=O) groups is 3. The maximum Gasteiger partial charge on any atom is 0.355 e. The van der Waals surface area contributed by atoms with Gasteiger partial charge in [0.15, 0.2) is 12.4 Å². The Hall–Kier alpha value is -2.96. The lowest BCUT2D eigenvalue weighted by molar-refractivity contribution is -0.124. The molecule has 7 heteroatoms. The molecule has 0 spiro atoms. The molecule has 1 heterocycles. The van der Waals surface area contributed by atoms with Gasteiger partial charge in [0.25, 0.3) is 5.91 Å². The first-order valence-corrected chi connectivity index (χ1v) is 7.68. The predicted octanol–water partition coefficient (Wildman–Crippen LogP) is 2.45. The van der Waals surface area contributed by atoms with E-state index in [0.717, 1.165) is 0 Å². The number of hydrogen-bond acceptors (Lipinski definition) is 4. The highest BCUT2D eigenvalue weighted by molar-refractivity contribution is 6.01. The lowest BCUT2D eigenvalue weighted by Crippen LogP contribution is -2.28. The summed E-state index contributed by atoms with van der Waals surface area (Å²) >= 11 is 0. The number of aromatic nitrogens is 1. The Morgan fingerprint density at radius 3 is 2.48 bits per heavy atom. The van der Waals surface area contributed by atoms with Gasteiger partial charge in [0.1, 0.15) is 11.5 Å². The van der Waals surface area contributed by atoms with E-state index in [1.165, 1.54) is 13.0 Å². The second-order valence-corrected chi connectivity index (χ2v) is 5.63. The Kier molecular flexibility index (Phi) is 5.69. The molecule has 0 aliphatic rings. The monoisotopic (exact) mass is 346 g/mol. The van der Waals surface area contributed by atoms with E-state index in [2.05, 4.69) is 10.3 Å². The maximum atomic E-state index is 13.5. The van der Waals surface area contributed by atoms with Gasteiger partial charge in [-0.05, 0) is 32.4 Å². The Morgan fingerprint density at radius 2 is 1.88 bits per heavy atom. The molecule has 1 aromatic carbocycles. The van der Waals surface area contributed by atoms with Crippen LogP contribution in [0, 0.1) is 19.7 Å². The standard InChI is InChI=1S/C18H19FN2O4/c1-10-16(12(3)22)11(2)21-17(10)18(24)25-9-15(23)20-8-13-6-4-5-7-14(13)19/h4-7,21H,8-9H2,1-3H3,(H,20,23). The summed E-state index contributed by atoms with van der Waals surface area (Å²) in [7, 11) is 0. The van der Waals surface area contributed by atoms with Crippen molar-refractivity contribution in [2.75, 3.05) is 6.61 Å². The molecule has 0 aliphatic heterocycles. The van der Waals surface area contributed by atoms with Crippen molar-refractivity contribution < 1.29 is 23.5 Å². The number of ether oxygens (including phenoxy) is 1. The van der Waals surface area contributed by atoms with Crippen LogP contribution in [0.1, 0.15) is 44.6 Å². The first kappa shape index (κ1) is 18.4. The molecule has 2 aromatic rings. The largest absolute Gasteiger partial charge is 0.451 e. The normalized spacial score (nSPS) is 10.4. The first-order chi connectivity index (χ1) is 11.8. The third kappa shape index (κ3) is 4.32. The van der Waals surface area contributed by atoms with E-state index in [-0.39, 0.29) is 18.0 Å². The van der Waals surface area contributed by atoms with E-state index in [1.54, 1.807) is 32.0 Å². The third-order valence-electron chi connectivity index (χ3n) is 3.76.